The Balaban J connectivity index is 4.72. The molecule has 0 bridgehead atoms. The summed E-state index contributed by atoms with van der Waals surface area (Å²) in [4.78, 5) is 12.8. The zero-order valence-electron chi connectivity index (χ0n) is 11.7. The minimum absolute atomic E-state index is 0.399. The number of alkyl halides is 2. The van der Waals surface area contributed by atoms with Crippen molar-refractivity contribution in [2.75, 3.05) is 13.2 Å². The van der Waals surface area contributed by atoms with Crippen LogP contribution in [0.1, 0.15) is 41.0 Å². The first-order valence-electron chi connectivity index (χ1n) is 5.97. The normalized spacial score (nSPS) is 12.7. The average molecular weight is 267 g/mol. The van der Waals surface area contributed by atoms with Crippen molar-refractivity contribution in [1.82, 2.24) is 4.90 Å². The Bertz CT molecular complexity index is 275. The maximum atomic E-state index is 13.4. The lowest BCUT2D eigenvalue weighted by molar-refractivity contribution is -0.0612. The zero-order chi connectivity index (χ0) is 14.6. The lowest BCUT2D eigenvalue weighted by Crippen LogP contribution is -2.47. The number of carbonyl (C=O) groups excluding carboxylic acids is 1. The summed E-state index contributed by atoms with van der Waals surface area (Å²) < 4.78 is 31.9. The van der Waals surface area contributed by atoms with Crippen LogP contribution in [0.4, 0.5) is 13.6 Å². The van der Waals surface area contributed by atoms with Gasteiger partial charge in [-0.25, -0.2) is 13.6 Å². The molecular formula is C12H23F2NO3. The van der Waals surface area contributed by atoms with Gasteiger partial charge in [-0.05, 0) is 34.6 Å². The van der Waals surface area contributed by atoms with Crippen molar-refractivity contribution in [1.29, 1.82) is 0 Å². The van der Waals surface area contributed by atoms with Gasteiger partial charge in [-0.3, -0.25) is 4.90 Å². The fourth-order valence-corrected chi connectivity index (χ4v) is 1.27. The Hall–Kier alpha value is -0.910. The Morgan fingerprint density at radius 3 is 2.17 bits per heavy atom. The lowest BCUT2D eigenvalue weighted by Gasteiger charge is -2.32. The van der Waals surface area contributed by atoms with E-state index in [0.717, 1.165) is 4.90 Å². The molecule has 1 N–H and O–H groups in total. The van der Waals surface area contributed by atoms with Gasteiger partial charge >= 0.3 is 6.09 Å². The van der Waals surface area contributed by atoms with E-state index in [2.05, 4.69) is 0 Å². The van der Waals surface area contributed by atoms with E-state index in [0.29, 0.717) is 0 Å². The summed E-state index contributed by atoms with van der Waals surface area (Å²) in [5.41, 5.74) is -0.726. The van der Waals surface area contributed by atoms with Crippen LogP contribution in [0.5, 0.6) is 0 Å². The molecule has 108 valence electrons. The molecule has 0 aliphatic carbocycles. The Morgan fingerprint density at radius 2 is 1.83 bits per heavy atom. The second-order valence-electron chi connectivity index (χ2n) is 5.53. The largest absolute Gasteiger partial charge is 0.444 e. The summed E-state index contributed by atoms with van der Waals surface area (Å²) in [5, 5.41) is 8.56. The SMILES string of the molecule is CC(C)N(CC(F)(F)CCO)C(=O)OC(C)(C)C. The van der Waals surface area contributed by atoms with Crippen LogP contribution in [0, 0.1) is 0 Å². The minimum Gasteiger partial charge on any atom is -0.444 e. The quantitative estimate of drug-likeness (QED) is 0.833. The number of aliphatic hydroxyl groups is 1. The van der Waals surface area contributed by atoms with E-state index in [1.54, 1.807) is 34.6 Å². The van der Waals surface area contributed by atoms with Gasteiger partial charge in [0.1, 0.15) is 5.60 Å². The molecule has 18 heavy (non-hydrogen) atoms. The highest BCUT2D eigenvalue weighted by molar-refractivity contribution is 5.68. The maximum absolute atomic E-state index is 13.4. The molecule has 4 nitrogen and oxygen atoms in total. The second-order valence-corrected chi connectivity index (χ2v) is 5.53. The zero-order valence-corrected chi connectivity index (χ0v) is 11.7. The summed E-state index contributed by atoms with van der Waals surface area (Å²) in [6.07, 6.45) is -1.44. The number of aliphatic hydroxyl groups excluding tert-OH is 1. The smallest absolute Gasteiger partial charge is 0.410 e. The molecule has 0 unspecified atom stereocenters. The van der Waals surface area contributed by atoms with Crippen molar-refractivity contribution in [3.63, 3.8) is 0 Å². The molecule has 0 rings (SSSR count). The van der Waals surface area contributed by atoms with E-state index in [9.17, 15) is 13.6 Å². The summed E-state index contributed by atoms with van der Waals surface area (Å²) in [7, 11) is 0. The van der Waals surface area contributed by atoms with Crippen molar-refractivity contribution < 1.29 is 23.4 Å². The Morgan fingerprint density at radius 1 is 1.33 bits per heavy atom. The summed E-state index contributed by atoms with van der Waals surface area (Å²) in [6, 6.07) is -0.399. The predicted octanol–water partition coefficient (Wildman–Crippen LogP) is 2.65. The van der Waals surface area contributed by atoms with Crippen molar-refractivity contribution >= 4 is 6.09 Å². The van der Waals surface area contributed by atoms with E-state index in [1.165, 1.54) is 0 Å². The third kappa shape index (κ3) is 6.74. The number of hydrogen-bond acceptors (Lipinski definition) is 3. The van der Waals surface area contributed by atoms with E-state index >= 15 is 0 Å². The van der Waals surface area contributed by atoms with E-state index in [-0.39, 0.29) is 0 Å². The number of hydrogen-bond donors (Lipinski definition) is 1. The number of amides is 1. The van der Waals surface area contributed by atoms with Crippen LogP contribution in [0.3, 0.4) is 0 Å². The monoisotopic (exact) mass is 267 g/mol. The molecule has 0 aromatic carbocycles. The van der Waals surface area contributed by atoms with Gasteiger partial charge in [0, 0.05) is 19.1 Å². The first-order valence-corrected chi connectivity index (χ1v) is 5.97. The summed E-state index contributed by atoms with van der Waals surface area (Å²) >= 11 is 0. The first-order chi connectivity index (χ1) is 7.98. The van der Waals surface area contributed by atoms with Gasteiger partial charge in [0.2, 0.25) is 0 Å². The van der Waals surface area contributed by atoms with E-state index in [4.69, 9.17) is 9.84 Å². The highest BCUT2D eigenvalue weighted by Crippen LogP contribution is 2.22. The molecule has 0 saturated carbocycles. The van der Waals surface area contributed by atoms with Gasteiger partial charge in [-0.2, -0.15) is 0 Å². The van der Waals surface area contributed by atoms with E-state index in [1.807, 2.05) is 0 Å². The molecule has 6 heteroatoms. The van der Waals surface area contributed by atoms with Crippen LogP contribution in [-0.4, -0.2) is 46.8 Å². The number of carbonyl (C=O) groups is 1. The third-order valence-electron chi connectivity index (χ3n) is 2.13. The molecule has 0 radical (unpaired) electrons. The highest BCUT2D eigenvalue weighted by atomic mass is 19.3. The van der Waals surface area contributed by atoms with Crippen molar-refractivity contribution in [3.05, 3.63) is 0 Å². The molecule has 0 aromatic rings. The van der Waals surface area contributed by atoms with Gasteiger partial charge in [-0.1, -0.05) is 0 Å². The Kier molecular flexibility index (Phi) is 5.99. The number of nitrogens with zero attached hydrogens (tertiary/aromatic N) is 1. The van der Waals surface area contributed by atoms with Gasteiger partial charge < -0.3 is 9.84 Å². The van der Waals surface area contributed by atoms with Gasteiger partial charge in [0.15, 0.2) is 0 Å². The molecule has 1 amide bonds. The maximum Gasteiger partial charge on any atom is 0.410 e. The van der Waals surface area contributed by atoms with Crippen molar-refractivity contribution in [2.45, 2.75) is 58.6 Å². The molecule has 0 aliphatic heterocycles. The Labute approximate surface area is 107 Å². The number of halogens is 2. The summed E-state index contributed by atoms with van der Waals surface area (Å²) in [5.74, 6) is -3.12. The topological polar surface area (TPSA) is 49.8 Å². The fraction of sp³-hybridized carbons (Fsp3) is 0.917. The number of rotatable bonds is 5. The molecule has 0 aliphatic rings. The first kappa shape index (κ1) is 17.1. The van der Waals surface area contributed by atoms with Crippen molar-refractivity contribution in [3.8, 4) is 0 Å². The average Bonchev–Trinajstić information content (AvgIpc) is 2.10. The molecule has 0 fully saturated rings. The number of ether oxygens (including phenoxy) is 1. The minimum atomic E-state index is -3.12. The third-order valence-corrected chi connectivity index (χ3v) is 2.13. The van der Waals surface area contributed by atoms with Gasteiger partial charge in [-0.15, -0.1) is 0 Å². The van der Waals surface area contributed by atoms with Crippen molar-refractivity contribution in [2.24, 2.45) is 0 Å². The van der Waals surface area contributed by atoms with Crippen LogP contribution >= 0.6 is 0 Å². The predicted molar refractivity (Wildman–Crippen MR) is 64.7 cm³/mol. The van der Waals surface area contributed by atoms with Crippen LogP contribution in [-0.2, 0) is 4.74 Å². The lowest BCUT2D eigenvalue weighted by atomic mass is 10.2. The van der Waals surface area contributed by atoms with Crippen LogP contribution in [0.25, 0.3) is 0 Å². The van der Waals surface area contributed by atoms with Crippen LogP contribution in [0.15, 0.2) is 0 Å². The van der Waals surface area contributed by atoms with Gasteiger partial charge in [0.25, 0.3) is 5.92 Å². The molecular weight excluding hydrogens is 244 g/mol. The molecule has 0 saturated heterocycles. The highest BCUT2D eigenvalue weighted by Gasteiger charge is 2.35. The fourth-order valence-electron chi connectivity index (χ4n) is 1.27. The molecule has 0 heterocycles. The van der Waals surface area contributed by atoms with Gasteiger partial charge in [0.05, 0.1) is 6.54 Å². The molecule has 0 spiro atoms. The van der Waals surface area contributed by atoms with E-state index < -0.39 is 43.2 Å². The van der Waals surface area contributed by atoms with Crippen LogP contribution in [0.2, 0.25) is 0 Å². The second kappa shape index (κ2) is 6.31. The van der Waals surface area contributed by atoms with Crippen LogP contribution < -0.4 is 0 Å². The molecule has 0 atom stereocenters. The summed E-state index contributed by atoms with van der Waals surface area (Å²) in [6.45, 7) is 6.94. The molecule has 0 aromatic heterocycles. The standard InChI is InChI=1S/C12H23F2NO3/c1-9(2)15(8-12(13,14)6-7-16)10(17)18-11(3,4)5/h9,16H,6-8H2,1-5H3.